The Bertz CT molecular complexity index is 816. The number of ether oxygens (including phenoxy) is 1. The lowest BCUT2D eigenvalue weighted by molar-refractivity contribution is -0.117. The average molecular weight is 338 g/mol. The summed E-state index contributed by atoms with van der Waals surface area (Å²) in [6.07, 6.45) is 0.852. The topological polar surface area (TPSA) is 67.4 Å². The van der Waals surface area contributed by atoms with Crippen LogP contribution in [0.4, 0.5) is 11.4 Å². The fourth-order valence-electron chi connectivity index (χ4n) is 3.14. The Morgan fingerprint density at radius 3 is 2.56 bits per heavy atom. The molecule has 0 heterocycles. The van der Waals surface area contributed by atoms with Crippen molar-refractivity contribution in [2.45, 2.75) is 26.2 Å². The number of carbonyl (C=O) groups is 2. The predicted octanol–water partition coefficient (Wildman–Crippen LogP) is 3.70. The van der Waals surface area contributed by atoms with Crippen molar-refractivity contribution >= 4 is 23.2 Å². The number of benzene rings is 2. The molecule has 0 radical (unpaired) electrons. The quantitative estimate of drug-likeness (QED) is 0.873. The van der Waals surface area contributed by atoms with Gasteiger partial charge in [0.1, 0.15) is 5.75 Å². The Kier molecular flexibility index (Phi) is 4.74. The zero-order valence-corrected chi connectivity index (χ0v) is 14.6. The molecule has 25 heavy (non-hydrogen) atoms. The number of rotatable bonds is 5. The first-order valence-corrected chi connectivity index (χ1v) is 8.31. The highest BCUT2D eigenvalue weighted by Gasteiger charge is 2.44. The fourth-order valence-corrected chi connectivity index (χ4v) is 3.14. The van der Waals surface area contributed by atoms with Crippen LogP contribution in [0, 0.1) is 12.8 Å². The predicted molar refractivity (Wildman–Crippen MR) is 98.0 cm³/mol. The lowest BCUT2D eigenvalue weighted by atomic mass is 10.0. The minimum atomic E-state index is -0.163. The molecule has 1 fully saturated rings. The molecular formula is C20H22N2O3. The molecule has 5 heteroatoms. The maximum Gasteiger partial charge on any atom is 0.228 e. The summed E-state index contributed by atoms with van der Waals surface area (Å²) in [7, 11) is 1.55. The van der Waals surface area contributed by atoms with Crippen molar-refractivity contribution in [3.8, 4) is 5.75 Å². The maximum absolute atomic E-state index is 12.6. The smallest absolute Gasteiger partial charge is 0.228 e. The molecule has 0 aliphatic heterocycles. The molecule has 1 aliphatic rings. The minimum Gasteiger partial charge on any atom is -0.495 e. The molecule has 2 amide bonds. The molecule has 2 atom stereocenters. The molecule has 1 saturated carbocycles. The highest BCUT2D eigenvalue weighted by atomic mass is 16.5. The van der Waals surface area contributed by atoms with Gasteiger partial charge in [-0.3, -0.25) is 9.59 Å². The first-order chi connectivity index (χ1) is 12.0. The second-order valence-electron chi connectivity index (χ2n) is 6.39. The van der Waals surface area contributed by atoms with E-state index in [2.05, 4.69) is 29.7 Å². The van der Waals surface area contributed by atoms with Crippen molar-refractivity contribution in [1.82, 2.24) is 0 Å². The molecule has 0 saturated heterocycles. The van der Waals surface area contributed by atoms with Gasteiger partial charge in [-0.25, -0.2) is 0 Å². The molecule has 0 unspecified atom stereocenters. The monoisotopic (exact) mass is 338 g/mol. The molecule has 2 aromatic rings. The van der Waals surface area contributed by atoms with Gasteiger partial charge in [-0.15, -0.1) is 0 Å². The van der Waals surface area contributed by atoms with Crippen LogP contribution in [0.5, 0.6) is 5.75 Å². The lowest BCUT2D eigenvalue weighted by Gasteiger charge is -2.12. The van der Waals surface area contributed by atoms with E-state index in [0.717, 1.165) is 6.42 Å². The van der Waals surface area contributed by atoms with Crippen molar-refractivity contribution < 1.29 is 14.3 Å². The number of carbonyl (C=O) groups excluding carboxylic acids is 2. The highest BCUT2D eigenvalue weighted by molar-refractivity contribution is 5.98. The van der Waals surface area contributed by atoms with Gasteiger partial charge in [0, 0.05) is 18.5 Å². The standard InChI is InChI=1S/C20H22N2O3/c1-12-6-4-5-7-15(12)16-11-17(16)20(24)22-18-10-14(21-13(2)23)8-9-19(18)25-3/h4-10,16-17H,11H2,1-3H3,(H,21,23)(H,22,24)/t16-,17-/m1/s1. The van der Waals surface area contributed by atoms with E-state index in [0.29, 0.717) is 17.1 Å². The fraction of sp³-hybridized carbons (Fsp3) is 0.300. The van der Waals surface area contributed by atoms with E-state index in [1.807, 2.05) is 12.1 Å². The molecular weight excluding hydrogens is 316 g/mol. The van der Waals surface area contributed by atoms with Crippen molar-refractivity contribution in [2.75, 3.05) is 17.7 Å². The summed E-state index contributed by atoms with van der Waals surface area (Å²) >= 11 is 0. The zero-order chi connectivity index (χ0) is 18.0. The number of aryl methyl sites for hydroxylation is 1. The first-order valence-electron chi connectivity index (χ1n) is 8.31. The summed E-state index contributed by atoms with van der Waals surface area (Å²) in [6.45, 7) is 3.52. The molecule has 0 bridgehead atoms. The zero-order valence-electron chi connectivity index (χ0n) is 14.6. The van der Waals surface area contributed by atoms with Crippen LogP contribution in [0.1, 0.15) is 30.4 Å². The Hall–Kier alpha value is -2.82. The maximum atomic E-state index is 12.6. The second-order valence-corrected chi connectivity index (χ2v) is 6.39. The van der Waals surface area contributed by atoms with Crippen LogP contribution in [0.15, 0.2) is 42.5 Å². The summed E-state index contributed by atoms with van der Waals surface area (Å²) in [5, 5.41) is 5.65. The van der Waals surface area contributed by atoms with E-state index in [1.54, 1.807) is 25.3 Å². The molecule has 1 aliphatic carbocycles. The van der Waals surface area contributed by atoms with Gasteiger partial charge in [-0.2, -0.15) is 0 Å². The minimum absolute atomic E-state index is 0.0217. The van der Waals surface area contributed by atoms with Crippen LogP contribution in [-0.4, -0.2) is 18.9 Å². The van der Waals surface area contributed by atoms with E-state index in [1.165, 1.54) is 18.1 Å². The van der Waals surface area contributed by atoms with Crippen LogP contribution < -0.4 is 15.4 Å². The number of anilines is 2. The van der Waals surface area contributed by atoms with Gasteiger partial charge in [0.2, 0.25) is 11.8 Å². The van der Waals surface area contributed by atoms with E-state index in [4.69, 9.17) is 4.74 Å². The van der Waals surface area contributed by atoms with Crippen LogP contribution in [-0.2, 0) is 9.59 Å². The molecule has 3 rings (SSSR count). The van der Waals surface area contributed by atoms with Crippen molar-refractivity contribution in [3.05, 3.63) is 53.6 Å². The summed E-state index contributed by atoms with van der Waals surface area (Å²) in [5.41, 5.74) is 3.64. The van der Waals surface area contributed by atoms with E-state index in [9.17, 15) is 9.59 Å². The third-order valence-corrected chi connectivity index (χ3v) is 4.49. The van der Waals surface area contributed by atoms with Gasteiger partial charge in [-0.1, -0.05) is 24.3 Å². The Balaban J connectivity index is 1.73. The SMILES string of the molecule is COc1ccc(NC(C)=O)cc1NC(=O)[C@@H]1C[C@@H]1c1ccccc1C. The van der Waals surface area contributed by atoms with Crippen LogP contribution in [0.3, 0.4) is 0 Å². The van der Waals surface area contributed by atoms with Gasteiger partial charge in [-0.05, 0) is 48.6 Å². The lowest BCUT2D eigenvalue weighted by Crippen LogP contribution is -2.16. The summed E-state index contributed by atoms with van der Waals surface area (Å²) in [5.74, 6) is 0.618. The van der Waals surface area contributed by atoms with Gasteiger partial charge < -0.3 is 15.4 Å². The molecule has 2 aromatic carbocycles. The van der Waals surface area contributed by atoms with Gasteiger partial charge in [0.15, 0.2) is 0 Å². The molecule has 0 spiro atoms. The second kappa shape index (κ2) is 6.97. The Labute approximate surface area is 147 Å². The number of amides is 2. The number of methoxy groups -OCH3 is 1. The Morgan fingerprint density at radius 1 is 1.12 bits per heavy atom. The number of nitrogens with one attached hydrogen (secondary N) is 2. The van der Waals surface area contributed by atoms with Crippen molar-refractivity contribution in [2.24, 2.45) is 5.92 Å². The molecule has 5 nitrogen and oxygen atoms in total. The summed E-state index contributed by atoms with van der Waals surface area (Å²) < 4.78 is 5.31. The molecule has 130 valence electrons. The van der Waals surface area contributed by atoms with Gasteiger partial charge in [0.05, 0.1) is 12.8 Å². The Morgan fingerprint density at radius 2 is 1.88 bits per heavy atom. The number of hydrogen-bond donors (Lipinski definition) is 2. The van der Waals surface area contributed by atoms with Gasteiger partial charge >= 0.3 is 0 Å². The van der Waals surface area contributed by atoms with Crippen molar-refractivity contribution in [3.63, 3.8) is 0 Å². The normalized spacial score (nSPS) is 18.4. The van der Waals surface area contributed by atoms with E-state index >= 15 is 0 Å². The van der Waals surface area contributed by atoms with Crippen molar-refractivity contribution in [1.29, 1.82) is 0 Å². The average Bonchev–Trinajstić information content (AvgIpc) is 3.35. The summed E-state index contributed by atoms with van der Waals surface area (Å²) in [4.78, 5) is 23.8. The van der Waals surface area contributed by atoms with Crippen LogP contribution in [0.2, 0.25) is 0 Å². The molecule has 2 N–H and O–H groups in total. The van der Waals surface area contributed by atoms with E-state index < -0.39 is 0 Å². The van der Waals surface area contributed by atoms with Gasteiger partial charge in [0.25, 0.3) is 0 Å². The van der Waals surface area contributed by atoms with E-state index in [-0.39, 0.29) is 23.7 Å². The highest BCUT2D eigenvalue weighted by Crippen LogP contribution is 2.49. The van der Waals surface area contributed by atoms with Crippen LogP contribution in [0.25, 0.3) is 0 Å². The third kappa shape index (κ3) is 3.82. The first kappa shape index (κ1) is 17.0. The third-order valence-electron chi connectivity index (χ3n) is 4.49. The number of hydrogen-bond acceptors (Lipinski definition) is 3. The summed E-state index contributed by atoms with van der Waals surface area (Å²) in [6, 6.07) is 13.4. The largest absolute Gasteiger partial charge is 0.495 e. The van der Waals surface area contributed by atoms with Crippen LogP contribution >= 0.6 is 0 Å². The molecule has 0 aromatic heterocycles.